The summed E-state index contributed by atoms with van der Waals surface area (Å²) in [7, 11) is 2.89. The van der Waals surface area contributed by atoms with E-state index in [-0.39, 0.29) is 60.0 Å². The highest BCUT2D eigenvalue weighted by Gasteiger charge is 2.66. The Bertz CT molecular complexity index is 1950. The Hall–Kier alpha value is -5.51. The number of nitrogens with zero attached hydrogens (tertiary/aromatic N) is 1. The third-order valence-corrected chi connectivity index (χ3v) is 10.9. The number of carboxylic acid groups (broad SMARTS) is 1. The van der Waals surface area contributed by atoms with E-state index in [0.29, 0.717) is 22.4 Å². The summed E-state index contributed by atoms with van der Waals surface area (Å²) in [5.74, 6) is -6.63. The third kappa shape index (κ3) is 4.80. The van der Waals surface area contributed by atoms with Crippen molar-refractivity contribution in [2.75, 3.05) is 20.8 Å². The molecule has 2 amide bonds. The molecule has 3 aliphatic carbocycles. The van der Waals surface area contributed by atoms with Gasteiger partial charge in [0.1, 0.15) is 17.2 Å². The summed E-state index contributed by atoms with van der Waals surface area (Å²) in [4.78, 5) is 70.3. The number of rotatable bonds is 8. The molecule has 1 aliphatic heterocycles. The number of imide groups is 1. The van der Waals surface area contributed by atoms with Crippen molar-refractivity contribution < 1.29 is 43.7 Å². The molecule has 2 N–H and O–H groups in total. The van der Waals surface area contributed by atoms with Gasteiger partial charge < -0.3 is 19.7 Å². The number of aliphatic carboxylic acids is 1. The van der Waals surface area contributed by atoms with Crippen LogP contribution < -0.4 is 9.47 Å². The molecule has 1 saturated heterocycles. The number of allylic oxidation sites excluding steroid dienone is 4. The van der Waals surface area contributed by atoms with Crippen LogP contribution in [0.25, 0.3) is 5.57 Å². The Morgan fingerprint density at radius 3 is 2.27 bits per heavy atom. The first-order valence-electron chi connectivity index (χ1n) is 16.3. The van der Waals surface area contributed by atoms with Crippen LogP contribution in [0.3, 0.4) is 0 Å². The fourth-order valence-electron chi connectivity index (χ4n) is 8.85. The number of aromatic hydroxyl groups is 1. The van der Waals surface area contributed by atoms with Gasteiger partial charge in [-0.25, -0.2) is 0 Å². The van der Waals surface area contributed by atoms with E-state index in [4.69, 9.17) is 9.47 Å². The summed E-state index contributed by atoms with van der Waals surface area (Å²) in [5.41, 5.74) is 0.771. The van der Waals surface area contributed by atoms with Gasteiger partial charge in [0.05, 0.1) is 37.9 Å². The molecule has 250 valence electrons. The minimum absolute atomic E-state index is 0.0815. The van der Waals surface area contributed by atoms with Crippen LogP contribution >= 0.6 is 0 Å². The van der Waals surface area contributed by atoms with Crippen molar-refractivity contribution in [2.45, 2.75) is 30.6 Å². The second-order valence-electron chi connectivity index (χ2n) is 13.0. The maximum atomic E-state index is 15.1. The smallest absolute Gasteiger partial charge is 0.305 e. The molecule has 49 heavy (non-hydrogen) atoms. The molecule has 10 heteroatoms. The predicted octanol–water partition coefficient (Wildman–Crippen LogP) is 4.71. The second kappa shape index (κ2) is 12.2. The zero-order valence-electron chi connectivity index (χ0n) is 27.0. The largest absolute Gasteiger partial charge is 0.507 e. The fourth-order valence-corrected chi connectivity index (χ4v) is 8.85. The molecule has 1 saturated carbocycles. The molecule has 0 bridgehead atoms. The number of fused-ring (bicyclic) bond motifs is 4. The van der Waals surface area contributed by atoms with Crippen molar-refractivity contribution in [1.82, 2.24) is 4.90 Å². The van der Waals surface area contributed by atoms with Crippen LogP contribution in [0.15, 0.2) is 90.5 Å². The predicted molar refractivity (Wildman–Crippen MR) is 177 cm³/mol. The minimum Gasteiger partial charge on any atom is -0.507 e. The van der Waals surface area contributed by atoms with E-state index in [1.807, 2.05) is 30.3 Å². The number of methoxy groups -OCH3 is 2. The number of hydrogen-bond acceptors (Lipinski definition) is 8. The molecule has 7 rings (SSSR count). The van der Waals surface area contributed by atoms with E-state index < -0.39 is 52.8 Å². The Balaban J connectivity index is 1.51. The van der Waals surface area contributed by atoms with Gasteiger partial charge in [0.15, 0.2) is 11.6 Å². The first kappa shape index (κ1) is 32.1. The molecule has 6 unspecified atom stereocenters. The van der Waals surface area contributed by atoms with Crippen LogP contribution in [-0.2, 0) is 29.4 Å². The highest BCUT2D eigenvalue weighted by atomic mass is 16.5. The SMILES string of the molecule is COc1cc(O)c(C2C3=CCC4C(=O)N(CCC(=O)O)C(=O)C4C3CC3C(=O)C(c4ccccc4)=CC(=O)C32c2ccccc2)c(OC)c1. The van der Waals surface area contributed by atoms with Gasteiger partial charge in [-0.05, 0) is 36.0 Å². The Kier molecular flexibility index (Phi) is 7.97. The zero-order valence-corrected chi connectivity index (χ0v) is 27.0. The van der Waals surface area contributed by atoms with Gasteiger partial charge in [0, 0.05) is 41.6 Å². The average molecular weight is 662 g/mol. The lowest BCUT2D eigenvalue weighted by molar-refractivity contribution is -0.142. The van der Waals surface area contributed by atoms with Crippen LogP contribution in [0.4, 0.5) is 0 Å². The molecular weight excluding hydrogens is 626 g/mol. The molecular formula is C39H35NO9. The Labute approximate surface area is 282 Å². The first-order chi connectivity index (χ1) is 23.6. The van der Waals surface area contributed by atoms with Crippen molar-refractivity contribution in [3.05, 3.63) is 107 Å². The van der Waals surface area contributed by atoms with Gasteiger partial charge >= 0.3 is 5.97 Å². The topological polar surface area (TPSA) is 148 Å². The number of likely N-dealkylation sites (tertiary alicyclic amines) is 1. The van der Waals surface area contributed by atoms with Crippen molar-refractivity contribution >= 4 is 34.9 Å². The van der Waals surface area contributed by atoms with Gasteiger partial charge in [0.25, 0.3) is 0 Å². The van der Waals surface area contributed by atoms with Crippen molar-refractivity contribution in [3.8, 4) is 17.2 Å². The minimum atomic E-state index is -1.56. The van der Waals surface area contributed by atoms with Gasteiger partial charge in [-0.15, -0.1) is 0 Å². The molecule has 2 fully saturated rings. The number of carbonyl (C=O) groups excluding carboxylic acids is 4. The highest BCUT2D eigenvalue weighted by Crippen LogP contribution is 2.65. The number of benzene rings is 3. The molecule has 1 heterocycles. The van der Waals surface area contributed by atoms with Gasteiger partial charge in [-0.3, -0.25) is 28.9 Å². The quantitative estimate of drug-likeness (QED) is 0.259. The standard InChI is InChI=1S/C39H35NO9/c1-48-23-17-29(41)34(30(18-23)49-2)35-24-13-14-25-33(38(47)40(37(25)46)16-15-32(43)44)27(24)19-28-36(45)26(21-9-5-3-6-10-21)20-31(42)39(28,35)22-11-7-4-8-12-22/h3-13,17-18,20,25,27-28,33,35,41H,14-16,19H2,1-2H3,(H,43,44). The van der Waals surface area contributed by atoms with Crippen LogP contribution in [0.5, 0.6) is 17.2 Å². The molecule has 0 aromatic heterocycles. The molecule has 3 aromatic carbocycles. The maximum Gasteiger partial charge on any atom is 0.305 e. The lowest BCUT2D eigenvalue weighted by atomic mass is 9.44. The van der Waals surface area contributed by atoms with E-state index in [1.165, 1.54) is 26.4 Å². The third-order valence-electron chi connectivity index (χ3n) is 10.9. The summed E-state index contributed by atoms with van der Waals surface area (Å²) in [6.07, 6.45) is 3.15. The zero-order chi connectivity index (χ0) is 34.6. The number of phenolic OH excluding ortho intramolecular Hbond substituents is 1. The van der Waals surface area contributed by atoms with E-state index in [9.17, 15) is 29.4 Å². The summed E-state index contributed by atoms with van der Waals surface area (Å²) in [5, 5.41) is 21.1. The number of ether oxygens (including phenoxy) is 2. The number of phenols is 1. The van der Waals surface area contributed by atoms with Crippen LogP contribution in [0.1, 0.15) is 41.9 Å². The molecule has 0 spiro atoms. The number of hydrogen-bond donors (Lipinski definition) is 2. The van der Waals surface area contributed by atoms with Crippen molar-refractivity contribution in [3.63, 3.8) is 0 Å². The molecule has 0 radical (unpaired) electrons. The second-order valence-corrected chi connectivity index (χ2v) is 13.0. The van der Waals surface area contributed by atoms with E-state index >= 15 is 4.79 Å². The number of carboxylic acids is 1. The molecule has 3 aromatic rings. The lowest BCUT2D eigenvalue weighted by Gasteiger charge is -2.55. The van der Waals surface area contributed by atoms with Gasteiger partial charge in [0.2, 0.25) is 11.8 Å². The monoisotopic (exact) mass is 661 g/mol. The Morgan fingerprint density at radius 1 is 0.918 bits per heavy atom. The number of Topliss-reactive ketones (excluding diaryl/α,β-unsaturated/α-hetero) is 1. The normalized spacial score (nSPS) is 27.5. The molecule has 6 atom stereocenters. The van der Waals surface area contributed by atoms with Crippen molar-refractivity contribution in [2.24, 2.45) is 23.7 Å². The summed E-state index contributed by atoms with van der Waals surface area (Å²) in [6.45, 7) is -0.256. The average Bonchev–Trinajstić information content (AvgIpc) is 3.36. The van der Waals surface area contributed by atoms with Gasteiger partial charge in [-0.2, -0.15) is 0 Å². The summed E-state index contributed by atoms with van der Waals surface area (Å²) < 4.78 is 11.3. The molecule has 10 nitrogen and oxygen atoms in total. The summed E-state index contributed by atoms with van der Waals surface area (Å²) >= 11 is 0. The van der Waals surface area contributed by atoms with Gasteiger partial charge in [-0.1, -0.05) is 72.3 Å². The maximum absolute atomic E-state index is 15.1. The fraction of sp³-hybridized carbons (Fsp3) is 0.308. The number of carbonyl (C=O) groups is 5. The first-order valence-corrected chi connectivity index (χ1v) is 16.3. The number of ketones is 2. The van der Waals surface area contributed by atoms with Crippen LogP contribution in [0, 0.1) is 23.7 Å². The highest BCUT2D eigenvalue weighted by molar-refractivity contribution is 6.31. The van der Waals surface area contributed by atoms with Crippen LogP contribution in [0.2, 0.25) is 0 Å². The number of amides is 2. The van der Waals surface area contributed by atoms with Crippen LogP contribution in [-0.4, -0.2) is 65.2 Å². The molecule has 4 aliphatic rings. The van der Waals surface area contributed by atoms with E-state index in [0.717, 1.165) is 4.90 Å². The summed E-state index contributed by atoms with van der Waals surface area (Å²) in [6, 6.07) is 21.0. The van der Waals surface area contributed by atoms with Crippen molar-refractivity contribution in [1.29, 1.82) is 0 Å². The Morgan fingerprint density at radius 2 is 1.61 bits per heavy atom. The lowest BCUT2D eigenvalue weighted by Crippen LogP contribution is -2.58. The van der Waals surface area contributed by atoms with E-state index in [1.54, 1.807) is 42.5 Å². The van der Waals surface area contributed by atoms with E-state index in [2.05, 4.69) is 0 Å².